The van der Waals surface area contributed by atoms with Crippen molar-refractivity contribution in [2.75, 3.05) is 11.9 Å². The molecule has 156 valence electrons. The number of rotatable bonds is 4. The molecule has 0 spiro atoms. The molecule has 5 heteroatoms. The number of esters is 1. The summed E-state index contributed by atoms with van der Waals surface area (Å²) >= 11 is 6.07. The molecule has 0 saturated heterocycles. The SMILES string of the molecule is Cc1c(Cl)cccc1NC(=O)COC(=O)c1cc(C(C)(C)C)cc(C(C)(C)C)c1. The minimum absolute atomic E-state index is 0.113. The van der Waals surface area contributed by atoms with Crippen LogP contribution in [-0.2, 0) is 20.4 Å². The van der Waals surface area contributed by atoms with Gasteiger partial charge in [-0.3, -0.25) is 4.79 Å². The summed E-state index contributed by atoms with van der Waals surface area (Å²) in [5.41, 5.74) is 3.70. The average Bonchev–Trinajstić information content (AvgIpc) is 2.61. The van der Waals surface area contributed by atoms with E-state index in [1.807, 2.05) is 19.1 Å². The summed E-state index contributed by atoms with van der Waals surface area (Å²) in [6, 6.07) is 11.1. The molecule has 0 aliphatic heterocycles. The molecule has 0 atom stereocenters. The van der Waals surface area contributed by atoms with Gasteiger partial charge in [-0.1, -0.05) is 65.3 Å². The number of hydrogen-bond acceptors (Lipinski definition) is 3. The summed E-state index contributed by atoms with van der Waals surface area (Å²) in [7, 11) is 0. The van der Waals surface area contributed by atoms with E-state index in [0.717, 1.165) is 16.7 Å². The Hall–Kier alpha value is -2.33. The van der Waals surface area contributed by atoms with Crippen LogP contribution in [-0.4, -0.2) is 18.5 Å². The number of anilines is 1. The zero-order valence-electron chi connectivity index (χ0n) is 18.3. The summed E-state index contributed by atoms with van der Waals surface area (Å²) in [4.78, 5) is 24.9. The van der Waals surface area contributed by atoms with Crippen LogP contribution in [0.2, 0.25) is 5.02 Å². The van der Waals surface area contributed by atoms with Crippen molar-refractivity contribution in [2.45, 2.75) is 59.3 Å². The van der Waals surface area contributed by atoms with Crippen molar-refractivity contribution < 1.29 is 14.3 Å². The molecule has 4 nitrogen and oxygen atoms in total. The Bertz CT molecular complexity index is 888. The smallest absolute Gasteiger partial charge is 0.338 e. The van der Waals surface area contributed by atoms with E-state index in [1.165, 1.54) is 0 Å². The largest absolute Gasteiger partial charge is 0.452 e. The number of carbonyl (C=O) groups excluding carboxylic acids is 2. The Morgan fingerprint density at radius 2 is 1.52 bits per heavy atom. The van der Waals surface area contributed by atoms with E-state index in [2.05, 4.69) is 52.9 Å². The number of amides is 1. The van der Waals surface area contributed by atoms with Crippen molar-refractivity contribution in [3.8, 4) is 0 Å². The average molecular weight is 416 g/mol. The van der Waals surface area contributed by atoms with E-state index in [1.54, 1.807) is 18.2 Å². The first kappa shape index (κ1) is 23.0. The van der Waals surface area contributed by atoms with Gasteiger partial charge in [0, 0.05) is 10.7 Å². The second-order valence-electron chi connectivity index (χ2n) is 9.34. The van der Waals surface area contributed by atoms with Crippen LogP contribution in [0.4, 0.5) is 5.69 Å². The number of ether oxygens (including phenoxy) is 1. The summed E-state index contributed by atoms with van der Waals surface area (Å²) < 4.78 is 5.28. The maximum atomic E-state index is 12.7. The highest BCUT2D eigenvalue weighted by Gasteiger charge is 2.23. The highest BCUT2D eigenvalue weighted by molar-refractivity contribution is 6.31. The van der Waals surface area contributed by atoms with E-state index < -0.39 is 11.9 Å². The zero-order chi connectivity index (χ0) is 22.0. The molecule has 2 aromatic rings. The Labute approximate surface area is 178 Å². The molecule has 29 heavy (non-hydrogen) atoms. The van der Waals surface area contributed by atoms with Crippen molar-refractivity contribution in [1.29, 1.82) is 0 Å². The molecule has 0 saturated carbocycles. The maximum absolute atomic E-state index is 12.7. The molecule has 0 fully saturated rings. The predicted molar refractivity (Wildman–Crippen MR) is 119 cm³/mol. The number of benzene rings is 2. The molecule has 0 radical (unpaired) electrons. The van der Waals surface area contributed by atoms with Crippen LogP contribution in [0, 0.1) is 6.92 Å². The van der Waals surface area contributed by atoms with Crippen molar-refractivity contribution in [2.24, 2.45) is 0 Å². The van der Waals surface area contributed by atoms with E-state index in [0.29, 0.717) is 16.3 Å². The van der Waals surface area contributed by atoms with Gasteiger partial charge in [0.15, 0.2) is 6.61 Å². The lowest BCUT2D eigenvalue weighted by atomic mass is 9.79. The van der Waals surface area contributed by atoms with Gasteiger partial charge in [0.2, 0.25) is 0 Å². The van der Waals surface area contributed by atoms with Gasteiger partial charge < -0.3 is 10.1 Å². The van der Waals surface area contributed by atoms with Gasteiger partial charge in [-0.05, 0) is 58.7 Å². The van der Waals surface area contributed by atoms with E-state index >= 15 is 0 Å². The van der Waals surface area contributed by atoms with Gasteiger partial charge in [0.25, 0.3) is 5.91 Å². The lowest BCUT2D eigenvalue weighted by molar-refractivity contribution is -0.119. The highest BCUT2D eigenvalue weighted by atomic mass is 35.5. The van der Waals surface area contributed by atoms with Crippen LogP contribution in [0.25, 0.3) is 0 Å². The van der Waals surface area contributed by atoms with Gasteiger partial charge in [-0.15, -0.1) is 0 Å². The molecular formula is C24H30ClNO3. The van der Waals surface area contributed by atoms with Crippen LogP contribution in [0.1, 0.15) is 68.6 Å². The Balaban J connectivity index is 2.16. The molecule has 1 N–H and O–H groups in total. The first-order chi connectivity index (χ1) is 13.3. The summed E-state index contributed by atoms with van der Waals surface area (Å²) in [5.74, 6) is -0.925. The van der Waals surface area contributed by atoms with Crippen LogP contribution in [0.5, 0.6) is 0 Å². The summed E-state index contributed by atoms with van der Waals surface area (Å²) in [6.07, 6.45) is 0. The highest BCUT2D eigenvalue weighted by Crippen LogP contribution is 2.30. The predicted octanol–water partition coefficient (Wildman–Crippen LogP) is 6.04. The third kappa shape index (κ3) is 6.07. The van der Waals surface area contributed by atoms with Crippen molar-refractivity contribution in [1.82, 2.24) is 0 Å². The lowest BCUT2D eigenvalue weighted by Crippen LogP contribution is -2.22. The molecule has 0 bridgehead atoms. The van der Waals surface area contributed by atoms with E-state index in [-0.39, 0.29) is 17.4 Å². The third-order valence-electron chi connectivity index (χ3n) is 4.78. The van der Waals surface area contributed by atoms with Gasteiger partial charge in [-0.2, -0.15) is 0 Å². The summed E-state index contributed by atoms with van der Waals surface area (Å²) in [5, 5.41) is 3.29. The topological polar surface area (TPSA) is 55.4 Å². The second kappa shape index (κ2) is 8.58. The maximum Gasteiger partial charge on any atom is 0.338 e. The molecule has 1 amide bonds. The summed E-state index contributed by atoms with van der Waals surface area (Å²) in [6.45, 7) is 14.1. The van der Waals surface area contributed by atoms with Gasteiger partial charge in [-0.25, -0.2) is 4.79 Å². The fraction of sp³-hybridized carbons (Fsp3) is 0.417. The lowest BCUT2D eigenvalue weighted by Gasteiger charge is -2.25. The number of nitrogens with one attached hydrogen (secondary N) is 1. The van der Waals surface area contributed by atoms with Crippen LogP contribution in [0.15, 0.2) is 36.4 Å². The zero-order valence-corrected chi connectivity index (χ0v) is 19.0. The van der Waals surface area contributed by atoms with Gasteiger partial charge >= 0.3 is 5.97 Å². The molecule has 0 heterocycles. The van der Waals surface area contributed by atoms with E-state index in [4.69, 9.17) is 16.3 Å². The Morgan fingerprint density at radius 1 is 0.966 bits per heavy atom. The molecule has 0 aromatic heterocycles. The molecule has 2 aromatic carbocycles. The normalized spacial score (nSPS) is 11.9. The van der Waals surface area contributed by atoms with Crippen molar-refractivity contribution in [3.05, 3.63) is 63.7 Å². The minimum atomic E-state index is -0.514. The standard InChI is InChI=1S/C24H30ClNO3/c1-15-19(25)9-8-10-20(15)26-21(27)14-29-22(28)16-11-17(23(2,3)4)13-18(12-16)24(5,6)7/h8-13H,14H2,1-7H3,(H,26,27). The first-order valence-electron chi connectivity index (χ1n) is 9.67. The fourth-order valence-corrected chi connectivity index (χ4v) is 2.93. The van der Waals surface area contributed by atoms with Crippen molar-refractivity contribution >= 4 is 29.2 Å². The third-order valence-corrected chi connectivity index (χ3v) is 5.19. The first-order valence-corrected chi connectivity index (χ1v) is 10.0. The van der Waals surface area contributed by atoms with Crippen LogP contribution >= 0.6 is 11.6 Å². The Kier molecular flexibility index (Phi) is 6.79. The molecule has 0 aliphatic rings. The quantitative estimate of drug-likeness (QED) is 0.619. The van der Waals surface area contributed by atoms with Gasteiger partial charge in [0.05, 0.1) is 5.56 Å². The van der Waals surface area contributed by atoms with E-state index in [9.17, 15) is 9.59 Å². The molecule has 0 unspecified atom stereocenters. The van der Waals surface area contributed by atoms with Crippen molar-refractivity contribution in [3.63, 3.8) is 0 Å². The van der Waals surface area contributed by atoms with Gasteiger partial charge in [0.1, 0.15) is 0 Å². The molecular weight excluding hydrogens is 386 g/mol. The van der Waals surface area contributed by atoms with Crippen LogP contribution in [0.3, 0.4) is 0 Å². The number of carbonyl (C=O) groups is 2. The Morgan fingerprint density at radius 3 is 2.03 bits per heavy atom. The number of hydrogen-bond donors (Lipinski definition) is 1. The fourth-order valence-electron chi connectivity index (χ4n) is 2.76. The second-order valence-corrected chi connectivity index (χ2v) is 9.74. The molecule has 2 rings (SSSR count). The monoisotopic (exact) mass is 415 g/mol. The van der Waals surface area contributed by atoms with Crippen LogP contribution < -0.4 is 5.32 Å². The minimum Gasteiger partial charge on any atom is -0.452 e. The number of halogens is 1. The molecule has 0 aliphatic carbocycles.